The van der Waals surface area contributed by atoms with Crippen LogP contribution in [0.15, 0.2) is 22.9 Å². The Morgan fingerprint density at radius 1 is 1.53 bits per heavy atom. The SMILES string of the molecule is O=C([O-])c1cnn2c(Br)ccc(F)c12.[Na+]. The summed E-state index contributed by atoms with van der Waals surface area (Å²) in [7, 11) is 0. The van der Waals surface area contributed by atoms with Crippen molar-refractivity contribution in [3.8, 4) is 0 Å². The van der Waals surface area contributed by atoms with Crippen LogP contribution in [0, 0.1) is 5.82 Å². The van der Waals surface area contributed by atoms with Crippen molar-refractivity contribution in [3.63, 3.8) is 0 Å². The van der Waals surface area contributed by atoms with E-state index in [1.807, 2.05) is 0 Å². The van der Waals surface area contributed by atoms with Crippen LogP contribution in [0.25, 0.3) is 5.52 Å². The molecule has 4 nitrogen and oxygen atoms in total. The fraction of sp³-hybridized carbons (Fsp3) is 0. The molecule has 72 valence electrons. The maximum absolute atomic E-state index is 13.2. The fourth-order valence-corrected chi connectivity index (χ4v) is 1.58. The summed E-state index contributed by atoms with van der Waals surface area (Å²) in [4.78, 5) is 10.6. The monoisotopic (exact) mass is 280 g/mol. The third-order valence-electron chi connectivity index (χ3n) is 1.78. The first kappa shape index (κ1) is 12.6. The van der Waals surface area contributed by atoms with Crippen LogP contribution in [-0.2, 0) is 0 Å². The number of carboxylic acids is 1. The van der Waals surface area contributed by atoms with Gasteiger partial charge in [0.15, 0.2) is 0 Å². The molecular formula is C8H3BrFN2NaO2. The fourth-order valence-electron chi connectivity index (χ4n) is 1.18. The predicted octanol–water partition coefficient (Wildman–Crippen LogP) is -2.40. The molecule has 0 atom stereocenters. The van der Waals surface area contributed by atoms with Crippen LogP contribution in [0.4, 0.5) is 4.39 Å². The third kappa shape index (κ3) is 2.08. The second kappa shape index (κ2) is 4.61. The molecule has 15 heavy (non-hydrogen) atoms. The zero-order valence-corrected chi connectivity index (χ0v) is 11.3. The van der Waals surface area contributed by atoms with Crippen LogP contribution in [0.3, 0.4) is 0 Å². The number of carbonyl (C=O) groups is 1. The van der Waals surface area contributed by atoms with Crippen LogP contribution in [-0.4, -0.2) is 15.6 Å². The van der Waals surface area contributed by atoms with Gasteiger partial charge in [-0.05, 0) is 28.1 Å². The van der Waals surface area contributed by atoms with Gasteiger partial charge < -0.3 is 9.90 Å². The molecule has 0 N–H and O–H groups in total. The molecule has 2 rings (SSSR count). The molecule has 0 aliphatic carbocycles. The van der Waals surface area contributed by atoms with Crippen molar-refractivity contribution < 1.29 is 43.8 Å². The number of hydrogen-bond donors (Lipinski definition) is 0. The minimum absolute atomic E-state index is 0. The number of nitrogens with zero attached hydrogens (tertiary/aromatic N) is 2. The molecule has 2 aromatic rings. The number of aromatic carboxylic acids is 1. The molecule has 0 spiro atoms. The zero-order valence-electron chi connectivity index (χ0n) is 7.70. The van der Waals surface area contributed by atoms with Crippen molar-refractivity contribution in [1.82, 2.24) is 9.61 Å². The van der Waals surface area contributed by atoms with E-state index in [1.54, 1.807) is 0 Å². The smallest absolute Gasteiger partial charge is 0.545 e. The van der Waals surface area contributed by atoms with E-state index < -0.39 is 11.8 Å². The molecule has 7 heteroatoms. The number of aromatic nitrogens is 2. The molecule has 2 heterocycles. The van der Waals surface area contributed by atoms with E-state index in [1.165, 1.54) is 6.07 Å². The Labute approximate surface area is 115 Å². The molecule has 0 saturated carbocycles. The summed E-state index contributed by atoms with van der Waals surface area (Å²) >= 11 is 3.11. The first-order valence-electron chi connectivity index (χ1n) is 3.64. The van der Waals surface area contributed by atoms with Gasteiger partial charge in [-0.1, -0.05) is 0 Å². The van der Waals surface area contributed by atoms with Crippen molar-refractivity contribution in [2.75, 3.05) is 0 Å². The maximum atomic E-state index is 13.2. The summed E-state index contributed by atoms with van der Waals surface area (Å²) in [6, 6.07) is 2.60. The normalized spacial score (nSPS) is 10.0. The summed E-state index contributed by atoms with van der Waals surface area (Å²) in [5, 5.41) is 14.3. The van der Waals surface area contributed by atoms with E-state index in [0.29, 0.717) is 4.60 Å². The Hall–Kier alpha value is -0.430. The van der Waals surface area contributed by atoms with Gasteiger partial charge in [0.2, 0.25) is 0 Å². The average Bonchev–Trinajstić information content (AvgIpc) is 2.56. The molecule has 0 aromatic carbocycles. The number of rotatable bonds is 1. The minimum Gasteiger partial charge on any atom is -0.545 e. The number of fused-ring (bicyclic) bond motifs is 1. The van der Waals surface area contributed by atoms with Crippen LogP contribution in [0.1, 0.15) is 10.4 Å². The van der Waals surface area contributed by atoms with Gasteiger partial charge in [-0.2, -0.15) is 5.10 Å². The van der Waals surface area contributed by atoms with Crippen molar-refractivity contribution >= 4 is 27.4 Å². The van der Waals surface area contributed by atoms with Gasteiger partial charge in [-0.25, -0.2) is 8.91 Å². The van der Waals surface area contributed by atoms with E-state index in [-0.39, 0.29) is 40.6 Å². The largest absolute Gasteiger partial charge is 1.00 e. The van der Waals surface area contributed by atoms with Gasteiger partial charge in [0.05, 0.1) is 12.2 Å². The first-order valence-corrected chi connectivity index (χ1v) is 4.43. The Balaban J connectivity index is 0.00000112. The topological polar surface area (TPSA) is 57.4 Å². The maximum Gasteiger partial charge on any atom is 1.00 e. The van der Waals surface area contributed by atoms with E-state index in [9.17, 15) is 14.3 Å². The zero-order chi connectivity index (χ0) is 10.3. The molecular weight excluding hydrogens is 278 g/mol. The summed E-state index contributed by atoms with van der Waals surface area (Å²) in [5.74, 6) is -2.10. The summed E-state index contributed by atoms with van der Waals surface area (Å²) in [6.45, 7) is 0. The van der Waals surface area contributed by atoms with Crippen LogP contribution >= 0.6 is 15.9 Å². The quantitative estimate of drug-likeness (QED) is 0.433. The second-order valence-corrected chi connectivity index (χ2v) is 3.42. The van der Waals surface area contributed by atoms with Gasteiger partial charge in [-0.15, -0.1) is 0 Å². The van der Waals surface area contributed by atoms with Crippen LogP contribution in [0.5, 0.6) is 0 Å². The van der Waals surface area contributed by atoms with E-state index in [0.717, 1.165) is 16.8 Å². The summed E-state index contributed by atoms with van der Waals surface area (Å²) in [6.07, 6.45) is 1.05. The van der Waals surface area contributed by atoms with Gasteiger partial charge in [0.1, 0.15) is 15.9 Å². The Kier molecular flexibility index (Phi) is 3.88. The molecule has 0 amide bonds. The Morgan fingerprint density at radius 2 is 2.20 bits per heavy atom. The van der Waals surface area contributed by atoms with E-state index in [4.69, 9.17) is 0 Å². The minimum atomic E-state index is -1.45. The van der Waals surface area contributed by atoms with Gasteiger partial charge in [0.25, 0.3) is 0 Å². The second-order valence-electron chi connectivity index (χ2n) is 2.61. The third-order valence-corrected chi connectivity index (χ3v) is 2.39. The van der Waals surface area contributed by atoms with Gasteiger partial charge in [0, 0.05) is 5.56 Å². The van der Waals surface area contributed by atoms with E-state index in [2.05, 4.69) is 21.0 Å². The molecule has 0 saturated heterocycles. The van der Waals surface area contributed by atoms with Crippen molar-refractivity contribution in [1.29, 1.82) is 0 Å². The summed E-state index contributed by atoms with van der Waals surface area (Å²) in [5.41, 5.74) is -0.358. The average molecular weight is 281 g/mol. The van der Waals surface area contributed by atoms with Crippen molar-refractivity contribution in [2.45, 2.75) is 0 Å². The molecule has 2 aromatic heterocycles. The molecule has 0 aliphatic rings. The number of carbonyl (C=O) groups excluding carboxylic acids is 1. The molecule has 0 unspecified atom stereocenters. The predicted molar refractivity (Wildman–Crippen MR) is 47.2 cm³/mol. The first-order chi connectivity index (χ1) is 6.61. The standard InChI is InChI=1S/C8H4BrFN2O2.Na/c9-6-2-1-5(10)7-4(8(13)14)3-11-12(6)7;/h1-3H,(H,13,14);/q;+1/p-1. The summed E-state index contributed by atoms with van der Waals surface area (Å²) < 4.78 is 14.9. The van der Waals surface area contributed by atoms with Gasteiger partial charge in [-0.3, -0.25) is 0 Å². The van der Waals surface area contributed by atoms with Crippen molar-refractivity contribution in [2.24, 2.45) is 0 Å². The number of halogens is 2. The number of carboxylic acid groups (broad SMARTS) is 1. The molecule has 0 radical (unpaired) electrons. The van der Waals surface area contributed by atoms with Crippen molar-refractivity contribution in [3.05, 3.63) is 34.3 Å². The number of hydrogen-bond acceptors (Lipinski definition) is 3. The Bertz CT molecular complexity index is 529. The van der Waals surface area contributed by atoms with E-state index >= 15 is 0 Å². The molecule has 0 bridgehead atoms. The Morgan fingerprint density at radius 3 is 2.80 bits per heavy atom. The molecule has 0 aliphatic heterocycles. The van der Waals surface area contributed by atoms with Crippen LogP contribution < -0.4 is 34.7 Å². The number of pyridine rings is 1. The van der Waals surface area contributed by atoms with Crippen LogP contribution in [0.2, 0.25) is 0 Å². The molecule has 0 fully saturated rings. The van der Waals surface area contributed by atoms with Gasteiger partial charge >= 0.3 is 29.6 Å².